The van der Waals surface area contributed by atoms with Crippen molar-refractivity contribution in [2.75, 3.05) is 10.2 Å². The minimum atomic E-state index is 0.313. The largest absolute Gasteiger partial charge is 0.355 e. The van der Waals surface area contributed by atoms with Crippen molar-refractivity contribution in [3.8, 4) is 33.4 Å². The number of benzene rings is 9. The molecule has 2 unspecified atom stereocenters. The van der Waals surface area contributed by atoms with Crippen molar-refractivity contribution in [1.82, 2.24) is 0 Å². The minimum Gasteiger partial charge on any atom is -0.355 e. The van der Waals surface area contributed by atoms with Crippen LogP contribution in [0, 0.1) is 5.92 Å². The summed E-state index contributed by atoms with van der Waals surface area (Å²) in [5.41, 5.74) is 14.0. The lowest BCUT2D eigenvalue weighted by Crippen LogP contribution is -2.10. The average Bonchev–Trinajstić information content (AvgIpc) is 3.30. The Kier molecular flexibility index (Phi) is 9.66. The van der Waals surface area contributed by atoms with Crippen LogP contribution in [0.3, 0.4) is 0 Å². The number of fused-ring (bicyclic) bond motifs is 2. The second-order valence-electron chi connectivity index (χ2n) is 15.5. The summed E-state index contributed by atoms with van der Waals surface area (Å²) in [6.07, 6.45) is 8.96. The molecule has 2 nitrogen and oxygen atoms in total. The maximum Gasteiger partial charge on any atom is 0.0462 e. The molecule has 0 aliphatic heterocycles. The lowest BCUT2D eigenvalue weighted by atomic mass is 9.82. The van der Waals surface area contributed by atoms with Crippen LogP contribution in [-0.4, -0.2) is 0 Å². The van der Waals surface area contributed by atoms with Crippen molar-refractivity contribution in [2.45, 2.75) is 12.8 Å². The summed E-state index contributed by atoms with van der Waals surface area (Å²) < 4.78 is 0. The fourth-order valence-corrected chi connectivity index (χ4v) is 8.60. The first-order valence-electron chi connectivity index (χ1n) is 20.5. The van der Waals surface area contributed by atoms with Gasteiger partial charge in [0.1, 0.15) is 0 Å². The molecule has 10 rings (SSSR count). The van der Waals surface area contributed by atoms with Crippen molar-refractivity contribution in [3.63, 3.8) is 0 Å². The number of nitrogens with one attached hydrogen (secondary N) is 1. The van der Waals surface area contributed by atoms with Crippen LogP contribution in [0.5, 0.6) is 0 Å². The molecule has 0 heterocycles. The molecular formula is C57H44N2. The Morgan fingerprint density at radius 1 is 0.407 bits per heavy atom. The SMILES string of the molecule is CC1C=CC=CC1c1cc2ccccc2cc1Nc1ccc(-c2ccc(N(c3ccc(-c4ccccc4)cc3)c3ccc(-c4cccc5ccccc45)cc3)cc2)cc1. The third kappa shape index (κ3) is 7.33. The molecule has 0 amide bonds. The van der Waals surface area contributed by atoms with E-state index in [1.54, 1.807) is 0 Å². The van der Waals surface area contributed by atoms with E-state index >= 15 is 0 Å². The molecule has 9 aromatic carbocycles. The predicted octanol–water partition coefficient (Wildman–Crippen LogP) is 16.1. The van der Waals surface area contributed by atoms with Gasteiger partial charge in [0.15, 0.2) is 0 Å². The van der Waals surface area contributed by atoms with Gasteiger partial charge in [-0.15, -0.1) is 0 Å². The maximum atomic E-state index is 3.79. The molecule has 2 atom stereocenters. The lowest BCUT2D eigenvalue weighted by Gasteiger charge is -2.26. The molecule has 0 saturated heterocycles. The van der Waals surface area contributed by atoms with Crippen LogP contribution in [0.15, 0.2) is 231 Å². The van der Waals surface area contributed by atoms with E-state index in [0.29, 0.717) is 11.8 Å². The smallest absolute Gasteiger partial charge is 0.0462 e. The van der Waals surface area contributed by atoms with Crippen LogP contribution in [0.25, 0.3) is 54.9 Å². The van der Waals surface area contributed by atoms with E-state index < -0.39 is 0 Å². The molecule has 282 valence electrons. The summed E-state index contributed by atoms with van der Waals surface area (Å²) in [5.74, 6) is 0.736. The monoisotopic (exact) mass is 756 g/mol. The average molecular weight is 757 g/mol. The summed E-state index contributed by atoms with van der Waals surface area (Å²) in [7, 11) is 0. The number of hydrogen-bond donors (Lipinski definition) is 1. The summed E-state index contributed by atoms with van der Waals surface area (Å²) in [4.78, 5) is 2.34. The predicted molar refractivity (Wildman–Crippen MR) is 252 cm³/mol. The second kappa shape index (κ2) is 15.8. The van der Waals surface area contributed by atoms with Crippen molar-refractivity contribution >= 4 is 50.0 Å². The van der Waals surface area contributed by atoms with Gasteiger partial charge in [-0.1, -0.05) is 177 Å². The van der Waals surface area contributed by atoms with Gasteiger partial charge in [0.25, 0.3) is 0 Å². The van der Waals surface area contributed by atoms with Crippen molar-refractivity contribution < 1.29 is 0 Å². The van der Waals surface area contributed by atoms with Gasteiger partial charge in [0.2, 0.25) is 0 Å². The van der Waals surface area contributed by atoms with E-state index in [4.69, 9.17) is 0 Å². The van der Waals surface area contributed by atoms with Gasteiger partial charge in [-0.3, -0.25) is 0 Å². The number of allylic oxidation sites excluding steroid dienone is 4. The lowest BCUT2D eigenvalue weighted by molar-refractivity contribution is 0.637. The van der Waals surface area contributed by atoms with Gasteiger partial charge in [0, 0.05) is 34.4 Å². The molecule has 0 bridgehead atoms. The molecule has 1 N–H and O–H groups in total. The third-order valence-electron chi connectivity index (χ3n) is 11.8. The van der Waals surface area contributed by atoms with Crippen LogP contribution in [0.4, 0.5) is 28.4 Å². The topological polar surface area (TPSA) is 15.3 Å². The van der Waals surface area contributed by atoms with Gasteiger partial charge >= 0.3 is 0 Å². The summed E-state index contributed by atoms with van der Waals surface area (Å²) >= 11 is 0. The number of nitrogens with zero attached hydrogens (tertiary/aromatic N) is 1. The van der Waals surface area contributed by atoms with Gasteiger partial charge in [-0.05, 0) is 127 Å². The Balaban J connectivity index is 0.948. The minimum absolute atomic E-state index is 0.313. The van der Waals surface area contributed by atoms with Gasteiger partial charge in [-0.25, -0.2) is 0 Å². The van der Waals surface area contributed by atoms with Crippen molar-refractivity contribution in [2.24, 2.45) is 5.92 Å². The normalized spacial score (nSPS) is 14.7. The number of hydrogen-bond acceptors (Lipinski definition) is 2. The maximum absolute atomic E-state index is 3.79. The van der Waals surface area contributed by atoms with Gasteiger partial charge in [0.05, 0.1) is 0 Å². The Morgan fingerprint density at radius 2 is 0.898 bits per heavy atom. The van der Waals surface area contributed by atoms with Crippen molar-refractivity contribution in [3.05, 3.63) is 236 Å². The van der Waals surface area contributed by atoms with E-state index in [1.807, 2.05) is 0 Å². The highest BCUT2D eigenvalue weighted by molar-refractivity contribution is 5.97. The first-order valence-corrected chi connectivity index (χ1v) is 20.5. The summed E-state index contributed by atoms with van der Waals surface area (Å²) in [5, 5.41) is 8.81. The standard InChI is InChI=1S/C57H44N2/c1-40-12-5-9-19-53(40)56-38-47-16-6-7-17-48(47)39-57(56)58-49-30-22-42(23-31-49)44-26-34-51(35-27-44)59(50-32-24-43(25-33-50)41-13-3-2-4-14-41)52-36-28-46(29-37-52)55-21-11-18-45-15-8-10-20-54(45)55/h2-40,53,58H,1H3. The zero-order valence-electron chi connectivity index (χ0n) is 33.0. The molecule has 59 heavy (non-hydrogen) atoms. The highest BCUT2D eigenvalue weighted by atomic mass is 15.1. The van der Waals surface area contributed by atoms with Crippen LogP contribution in [0.2, 0.25) is 0 Å². The Hall–Kier alpha value is -7.42. The van der Waals surface area contributed by atoms with E-state index in [1.165, 1.54) is 60.5 Å². The fraction of sp³-hybridized carbons (Fsp3) is 0.0526. The molecular weight excluding hydrogens is 713 g/mol. The zero-order valence-corrected chi connectivity index (χ0v) is 33.0. The Bertz CT molecular complexity index is 2940. The number of rotatable bonds is 9. The molecule has 0 fully saturated rings. The van der Waals surface area contributed by atoms with Crippen LogP contribution >= 0.6 is 0 Å². The Morgan fingerprint density at radius 3 is 1.53 bits per heavy atom. The zero-order chi connectivity index (χ0) is 39.5. The highest BCUT2D eigenvalue weighted by Crippen LogP contribution is 2.40. The molecule has 0 radical (unpaired) electrons. The third-order valence-corrected chi connectivity index (χ3v) is 11.8. The second-order valence-corrected chi connectivity index (χ2v) is 15.5. The van der Waals surface area contributed by atoms with Gasteiger partial charge < -0.3 is 10.2 Å². The van der Waals surface area contributed by atoms with E-state index in [2.05, 4.69) is 248 Å². The Labute approximate surface area is 347 Å². The molecule has 1 aliphatic carbocycles. The first kappa shape index (κ1) is 36.0. The van der Waals surface area contributed by atoms with Crippen LogP contribution in [-0.2, 0) is 0 Å². The number of anilines is 5. The molecule has 2 heteroatoms. The molecule has 1 aliphatic rings. The molecule has 0 spiro atoms. The quantitative estimate of drug-likeness (QED) is 0.158. The highest BCUT2D eigenvalue weighted by Gasteiger charge is 2.21. The van der Waals surface area contributed by atoms with Crippen molar-refractivity contribution in [1.29, 1.82) is 0 Å². The molecule has 0 aromatic heterocycles. The van der Waals surface area contributed by atoms with Crippen LogP contribution in [0.1, 0.15) is 18.4 Å². The van der Waals surface area contributed by atoms with E-state index in [0.717, 1.165) is 28.4 Å². The van der Waals surface area contributed by atoms with E-state index in [-0.39, 0.29) is 0 Å². The summed E-state index contributed by atoms with van der Waals surface area (Å²) in [6, 6.07) is 74.6. The summed E-state index contributed by atoms with van der Waals surface area (Å²) in [6.45, 7) is 2.30. The fourth-order valence-electron chi connectivity index (χ4n) is 8.60. The van der Waals surface area contributed by atoms with Gasteiger partial charge in [-0.2, -0.15) is 0 Å². The van der Waals surface area contributed by atoms with E-state index in [9.17, 15) is 0 Å². The molecule has 9 aromatic rings. The first-order chi connectivity index (χ1) is 29.1. The molecule has 0 saturated carbocycles. The van der Waals surface area contributed by atoms with Crippen LogP contribution < -0.4 is 10.2 Å².